The van der Waals surface area contributed by atoms with Crippen LogP contribution in [0.3, 0.4) is 0 Å². The summed E-state index contributed by atoms with van der Waals surface area (Å²) in [4.78, 5) is 12.7. The van der Waals surface area contributed by atoms with E-state index >= 15 is 0 Å². The predicted octanol–water partition coefficient (Wildman–Crippen LogP) is 4.68. The number of carbonyl (C=O) groups excluding carboxylic acids is 1. The number of amides is 1. The lowest BCUT2D eigenvalue weighted by molar-refractivity contribution is -0.118. The Morgan fingerprint density at radius 2 is 1.66 bits per heavy atom. The summed E-state index contributed by atoms with van der Waals surface area (Å²) in [6.45, 7) is 16.7. The Bertz CT molecular complexity index is 807. The van der Waals surface area contributed by atoms with E-state index in [9.17, 15) is 13.2 Å². The largest absolute Gasteiger partial charge is 0.414 e. The molecule has 6 nitrogen and oxygen atoms in total. The summed E-state index contributed by atoms with van der Waals surface area (Å²) < 4.78 is 34.6. The van der Waals surface area contributed by atoms with Crippen molar-refractivity contribution in [1.82, 2.24) is 0 Å². The summed E-state index contributed by atoms with van der Waals surface area (Å²) in [6, 6.07) is 7.60. The van der Waals surface area contributed by atoms with Crippen molar-refractivity contribution >= 4 is 30.0 Å². The van der Waals surface area contributed by atoms with Crippen LogP contribution in [-0.4, -0.2) is 41.6 Å². The molecular formula is C21H37NO5SSi. The fourth-order valence-corrected chi connectivity index (χ4v) is 4.19. The molecule has 1 atom stereocenters. The van der Waals surface area contributed by atoms with E-state index in [-0.39, 0.29) is 29.4 Å². The van der Waals surface area contributed by atoms with Gasteiger partial charge in [-0.25, -0.2) is 0 Å². The first kappa shape index (κ1) is 25.8. The van der Waals surface area contributed by atoms with Crippen LogP contribution in [-0.2, 0) is 28.9 Å². The van der Waals surface area contributed by atoms with E-state index in [1.807, 2.05) is 24.3 Å². The lowest BCUT2D eigenvalue weighted by Crippen LogP contribution is -2.43. The molecular weight excluding hydrogens is 406 g/mol. The molecule has 0 aliphatic heterocycles. The van der Waals surface area contributed by atoms with Gasteiger partial charge in [0.25, 0.3) is 10.1 Å². The van der Waals surface area contributed by atoms with Gasteiger partial charge in [0.1, 0.15) is 6.10 Å². The average molecular weight is 444 g/mol. The van der Waals surface area contributed by atoms with Gasteiger partial charge in [0.15, 0.2) is 8.32 Å². The number of nitrogens with one attached hydrogen (secondary N) is 1. The van der Waals surface area contributed by atoms with Crippen molar-refractivity contribution in [2.75, 3.05) is 18.2 Å². The second-order valence-electron chi connectivity index (χ2n) is 10.0. The van der Waals surface area contributed by atoms with Gasteiger partial charge in [-0.3, -0.25) is 8.98 Å². The van der Waals surface area contributed by atoms with Crippen LogP contribution in [0.1, 0.15) is 53.5 Å². The first-order valence-electron chi connectivity index (χ1n) is 9.84. The molecule has 0 saturated heterocycles. The van der Waals surface area contributed by atoms with Gasteiger partial charge in [0.05, 0.1) is 19.3 Å². The number of hydrogen-bond acceptors (Lipinski definition) is 5. The van der Waals surface area contributed by atoms with Crippen LogP contribution in [0.2, 0.25) is 18.1 Å². The number of para-hydroxylation sites is 1. The maximum atomic E-state index is 12.7. The lowest BCUT2D eigenvalue weighted by Gasteiger charge is -2.37. The lowest BCUT2D eigenvalue weighted by atomic mass is 9.86. The van der Waals surface area contributed by atoms with Crippen molar-refractivity contribution in [3.8, 4) is 0 Å². The highest BCUT2D eigenvalue weighted by Crippen LogP contribution is 2.36. The number of rotatable bonds is 8. The number of carbonyl (C=O) groups is 1. The first-order valence-corrected chi connectivity index (χ1v) is 14.6. The van der Waals surface area contributed by atoms with Crippen LogP contribution >= 0.6 is 0 Å². The summed E-state index contributed by atoms with van der Waals surface area (Å²) in [5.41, 5.74) is 1.58. The average Bonchev–Trinajstić information content (AvgIpc) is 2.49. The van der Waals surface area contributed by atoms with Crippen molar-refractivity contribution in [2.45, 2.75) is 77.6 Å². The van der Waals surface area contributed by atoms with Gasteiger partial charge in [-0.15, -0.1) is 0 Å². The van der Waals surface area contributed by atoms with Crippen molar-refractivity contribution < 1.29 is 21.8 Å². The Morgan fingerprint density at radius 3 is 2.14 bits per heavy atom. The minimum absolute atomic E-state index is 0.0312. The molecule has 0 heterocycles. The van der Waals surface area contributed by atoms with E-state index in [0.29, 0.717) is 5.69 Å². The molecule has 166 valence electrons. The van der Waals surface area contributed by atoms with E-state index in [4.69, 9.17) is 8.61 Å². The van der Waals surface area contributed by atoms with Crippen molar-refractivity contribution in [3.63, 3.8) is 0 Å². The molecule has 1 rings (SSSR count). The highest BCUT2D eigenvalue weighted by molar-refractivity contribution is 7.86. The minimum atomic E-state index is -3.72. The Labute approximate surface area is 177 Å². The fraction of sp³-hybridized carbons (Fsp3) is 0.667. The SMILES string of the molecule is CC(C)(C)c1ccccc1NC(=O)CC(CO[Si](C)(C)C(C)(C)C)OS(C)(=O)=O. The third-order valence-electron chi connectivity index (χ3n) is 5.17. The van der Waals surface area contributed by atoms with Gasteiger partial charge in [-0.05, 0) is 35.2 Å². The third-order valence-corrected chi connectivity index (χ3v) is 10.3. The smallest absolute Gasteiger partial charge is 0.264 e. The summed E-state index contributed by atoms with van der Waals surface area (Å²) in [5.74, 6) is -0.311. The van der Waals surface area contributed by atoms with Crippen LogP contribution in [0.4, 0.5) is 5.69 Å². The number of benzene rings is 1. The molecule has 0 aliphatic rings. The van der Waals surface area contributed by atoms with Crippen LogP contribution in [0.25, 0.3) is 0 Å². The molecule has 0 bridgehead atoms. The van der Waals surface area contributed by atoms with Crippen LogP contribution in [0, 0.1) is 0 Å². The standard InChI is InChI=1S/C21H37NO5SSi/c1-20(2,3)17-12-10-11-13-18(17)22-19(23)14-16(27-28(7,24)25)15-26-29(8,9)21(4,5)6/h10-13,16H,14-15H2,1-9H3,(H,22,23). The zero-order valence-electron chi connectivity index (χ0n) is 19.3. The molecule has 1 amide bonds. The monoisotopic (exact) mass is 443 g/mol. The Hall–Kier alpha value is -1.22. The van der Waals surface area contributed by atoms with Crippen molar-refractivity contribution in [2.24, 2.45) is 0 Å². The Morgan fingerprint density at radius 1 is 1.10 bits per heavy atom. The molecule has 1 aromatic carbocycles. The molecule has 0 spiro atoms. The van der Waals surface area contributed by atoms with E-state index < -0.39 is 24.5 Å². The molecule has 0 aromatic heterocycles. The van der Waals surface area contributed by atoms with Gasteiger partial charge in [0, 0.05) is 5.69 Å². The minimum Gasteiger partial charge on any atom is -0.414 e. The van der Waals surface area contributed by atoms with E-state index in [2.05, 4.69) is 60.0 Å². The molecule has 1 N–H and O–H groups in total. The summed E-state index contributed by atoms with van der Waals surface area (Å²) in [6.07, 6.45) is 0.000169. The van der Waals surface area contributed by atoms with Crippen LogP contribution < -0.4 is 5.32 Å². The summed E-state index contributed by atoms with van der Waals surface area (Å²) in [7, 11) is -5.83. The molecule has 1 aromatic rings. The van der Waals surface area contributed by atoms with Gasteiger partial charge in [0.2, 0.25) is 5.91 Å². The predicted molar refractivity (Wildman–Crippen MR) is 121 cm³/mol. The topological polar surface area (TPSA) is 81.7 Å². The quantitative estimate of drug-likeness (QED) is 0.466. The molecule has 29 heavy (non-hydrogen) atoms. The maximum absolute atomic E-state index is 12.7. The molecule has 0 fully saturated rings. The van der Waals surface area contributed by atoms with E-state index in [1.165, 1.54) is 0 Å². The molecule has 8 heteroatoms. The molecule has 0 aliphatic carbocycles. The number of hydrogen-bond donors (Lipinski definition) is 1. The highest BCUT2D eigenvalue weighted by atomic mass is 32.2. The van der Waals surface area contributed by atoms with Crippen molar-refractivity contribution in [1.29, 1.82) is 0 Å². The first-order chi connectivity index (χ1) is 12.9. The van der Waals surface area contributed by atoms with Gasteiger partial charge < -0.3 is 9.74 Å². The van der Waals surface area contributed by atoms with Crippen LogP contribution in [0.5, 0.6) is 0 Å². The fourth-order valence-electron chi connectivity index (χ4n) is 2.54. The van der Waals surface area contributed by atoms with E-state index in [1.54, 1.807) is 0 Å². The maximum Gasteiger partial charge on any atom is 0.264 e. The molecule has 1 unspecified atom stereocenters. The Kier molecular flexibility index (Phi) is 8.26. The Balaban J connectivity index is 2.94. The van der Waals surface area contributed by atoms with E-state index in [0.717, 1.165) is 11.8 Å². The van der Waals surface area contributed by atoms with Gasteiger partial charge in [-0.2, -0.15) is 8.42 Å². The zero-order valence-corrected chi connectivity index (χ0v) is 21.1. The molecule has 0 radical (unpaired) electrons. The zero-order chi connectivity index (χ0) is 22.7. The third kappa shape index (κ3) is 8.58. The summed E-state index contributed by atoms with van der Waals surface area (Å²) in [5, 5.41) is 2.87. The van der Waals surface area contributed by atoms with Gasteiger partial charge in [-0.1, -0.05) is 59.7 Å². The van der Waals surface area contributed by atoms with Crippen LogP contribution in [0.15, 0.2) is 24.3 Å². The number of anilines is 1. The second kappa shape index (κ2) is 9.28. The normalized spacial score (nSPS) is 14.5. The van der Waals surface area contributed by atoms with Crippen molar-refractivity contribution in [3.05, 3.63) is 29.8 Å². The second-order valence-corrected chi connectivity index (χ2v) is 16.5. The molecule has 0 saturated carbocycles. The van der Waals surface area contributed by atoms with Gasteiger partial charge >= 0.3 is 0 Å². The highest BCUT2D eigenvalue weighted by Gasteiger charge is 2.38. The summed E-state index contributed by atoms with van der Waals surface area (Å²) >= 11 is 0.